The van der Waals surface area contributed by atoms with E-state index in [2.05, 4.69) is 0 Å². The topological polar surface area (TPSA) is 124 Å². The van der Waals surface area contributed by atoms with Crippen molar-refractivity contribution in [2.45, 2.75) is 24.0 Å². The normalized spacial score (nSPS) is 16.7. The van der Waals surface area contributed by atoms with Gasteiger partial charge in [0.15, 0.2) is 12.3 Å². The molecule has 1 fully saturated rings. The number of nitrogens with zero attached hydrogens (tertiary/aromatic N) is 2. The van der Waals surface area contributed by atoms with E-state index in [-0.39, 0.29) is 17.7 Å². The van der Waals surface area contributed by atoms with Gasteiger partial charge in [0.1, 0.15) is 23.2 Å². The number of hydrogen-bond acceptors (Lipinski definition) is 9. The van der Waals surface area contributed by atoms with Gasteiger partial charge in [-0.05, 0) is 65.2 Å². The predicted molar refractivity (Wildman–Crippen MR) is 199 cm³/mol. The second-order valence-corrected chi connectivity index (χ2v) is 12.5. The Bertz CT molecular complexity index is 2290. The molecule has 0 bridgehead atoms. The first-order valence-electron chi connectivity index (χ1n) is 17.2. The molecule has 11 nitrogen and oxygen atoms in total. The lowest BCUT2D eigenvalue weighted by atomic mass is 9.79. The minimum atomic E-state index is -1.34. The Kier molecular flexibility index (Phi) is 10.3. The number of esters is 1. The fourth-order valence-electron chi connectivity index (χ4n) is 6.64. The molecule has 7 rings (SSSR count). The SMILES string of the molecule is COc1ccc(C(O[C@H]2COC(n3ccc(=O)n(C(=O)c4ccccc4)c3=O)[C@@H]2OC(=O)c2ccccc2)(c2ccccc2)c2ccc(OC)cc2)cc1. The fourth-order valence-corrected chi connectivity index (χ4v) is 6.64. The predicted octanol–water partition coefficient (Wildman–Crippen LogP) is 5.85. The van der Waals surface area contributed by atoms with E-state index < -0.39 is 47.2 Å². The van der Waals surface area contributed by atoms with E-state index in [0.717, 1.165) is 27.3 Å². The van der Waals surface area contributed by atoms with Crippen LogP contribution in [-0.4, -0.2) is 54.0 Å². The van der Waals surface area contributed by atoms with Crippen molar-refractivity contribution in [1.29, 1.82) is 0 Å². The van der Waals surface area contributed by atoms with Crippen molar-refractivity contribution in [2.75, 3.05) is 20.8 Å². The molecular weight excluding hydrogens is 688 g/mol. The zero-order valence-corrected chi connectivity index (χ0v) is 29.4. The third-order valence-electron chi connectivity index (χ3n) is 9.34. The van der Waals surface area contributed by atoms with Crippen LogP contribution in [0.2, 0.25) is 0 Å². The van der Waals surface area contributed by atoms with Gasteiger partial charge in [0.25, 0.3) is 11.5 Å². The third kappa shape index (κ3) is 6.85. The molecule has 0 spiro atoms. The minimum absolute atomic E-state index is 0.140. The van der Waals surface area contributed by atoms with Crippen LogP contribution in [-0.2, 0) is 19.8 Å². The molecule has 11 heteroatoms. The van der Waals surface area contributed by atoms with Crippen molar-refractivity contribution in [3.05, 3.63) is 200 Å². The number of methoxy groups -OCH3 is 2. The Labute approximate surface area is 310 Å². The Morgan fingerprint density at radius 3 is 1.69 bits per heavy atom. The van der Waals surface area contributed by atoms with E-state index in [1.54, 1.807) is 62.8 Å². The van der Waals surface area contributed by atoms with Gasteiger partial charge in [-0.15, -0.1) is 0 Å². The molecule has 6 aromatic rings. The summed E-state index contributed by atoms with van der Waals surface area (Å²) in [5.41, 5.74) is -0.548. The first-order valence-corrected chi connectivity index (χ1v) is 17.2. The minimum Gasteiger partial charge on any atom is -0.497 e. The summed E-state index contributed by atoms with van der Waals surface area (Å²) in [6.07, 6.45) is -2.34. The van der Waals surface area contributed by atoms with E-state index in [1.807, 2.05) is 78.9 Å². The molecule has 0 radical (unpaired) electrons. The van der Waals surface area contributed by atoms with E-state index in [9.17, 15) is 19.2 Å². The van der Waals surface area contributed by atoms with Crippen molar-refractivity contribution >= 4 is 11.9 Å². The number of aromatic nitrogens is 2. The molecule has 272 valence electrons. The molecule has 2 heterocycles. The molecule has 1 saturated heterocycles. The van der Waals surface area contributed by atoms with Crippen LogP contribution in [0.3, 0.4) is 0 Å². The van der Waals surface area contributed by atoms with Crippen LogP contribution < -0.4 is 20.7 Å². The third-order valence-corrected chi connectivity index (χ3v) is 9.34. The van der Waals surface area contributed by atoms with Crippen LogP contribution in [0.4, 0.5) is 0 Å². The van der Waals surface area contributed by atoms with Gasteiger partial charge in [0.2, 0.25) is 0 Å². The van der Waals surface area contributed by atoms with Gasteiger partial charge >= 0.3 is 11.7 Å². The van der Waals surface area contributed by atoms with Gasteiger partial charge in [0, 0.05) is 17.8 Å². The van der Waals surface area contributed by atoms with Crippen molar-refractivity contribution < 1.29 is 33.3 Å². The number of ether oxygens (including phenoxy) is 5. The molecule has 3 atom stereocenters. The molecule has 0 N–H and O–H groups in total. The lowest BCUT2D eigenvalue weighted by molar-refractivity contribution is -0.0970. The highest BCUT2D eigenvalue weighted by molar-refractivity contribution is 5.95. The van der Waals surface area contributed by atoms with Crippen LogP contribution in [0.15, 0.2) is 161 Å². The lowest BCUT2D eigenvalue weighted by Crippen LogP contribution is -2.48. The van der Waals surface area contributed by atoms with E-state index >= 15 is 0 Å². The number of carbonyl (C=O) groups excluding carboxylic acids is 2. The molecule has 5 aromatic carbocycles. The summed E-state index contributed by atoms with van der Waals surface area (Å²) < 4.78 is 32.4. The maximum absolute atomic E-state index is 14.1. The molecule has 0 amide bonds. The van der Waals surface area contributed by atoms with Crippen molar-refractivity contribution in [3.8, 4) is 11.5 Å². The van der Waals surface area contributed by atoms with Crippen LogP contribution in [0.25, 0.3) is 0 Å². The first kappa shape index (κ1) is 35.8. The van der Waals surface area contributed by atoms with Gasteiger partial charge in [-0.25, -0.2) is 9.59 Å². The largest absolute Gasteiger partial charge is 0.497 e. The molecule has 1 unspecified atom stereocenters. The highest BCUT2D eigenvalue weighted by Gasteiger charge is 2.49. The molecule has 1 aliphatic rings. The summed E-state index contributed by atoms with van der Waals surface area (Å²) in [7, 11) is 3.17. The smallest absolute Gasteiger partial charge is 0.340 e. The summed E-state index contributed by atoms with van der Waals surface area (Å²) in [6.45, 7) is -0.142. The fraction of sp³-hybridized carbons (Fsp3) is 0.163. The van der Waals surface area contributed by atoms with Gasteiger partial charge in [-0.3, -0.25) is 14.2 Å². The zero-order valence-electron chi connectivity index (χ0n) is 29.4. The van der Waals surface area contributed by atoms with Crippen molar-refractivity contribution in [2.24, 2.45) is 0 Å². The van der Waals surface area contributed by atoms with Gasteiger partial charge < -0.3 is 23.7 Å². The average molecular weight is 725 g/mol. The van der Waals surface area contributed by atoms with Gasteiger partial charge in [0.05, 0.1) is 26.4 Å². The monoisotopic (exact) mass is 724 g/mol. The zero-order chi connectivity index (χ0) is 37.7. The highest BCUT2D eigenvalue weighted by Crippen LogP contribution is 2.45. The summed E-state index contributed by atoms with van der Waals surface area (Å²) >= 11 is 0. The van der Waals surface area contributed by atoms with Crippen molar-refractivity contribution in [3.63, 3.8) is 0 Å². The Hall–Kier alpha value is -6.56. The molecule has 1 aromatic heterocycles. The van der Waals surface area contributed by atoms with E-state index in [1.165, 1.54) is 18.3 Å². The molecule has 0 saturated carbocycles. The Morgan fingerprint density at radius 1 is 0.648 bits per heavy atom. The van der Waals surface area contributed by atoms with Crippen molar-refractivity contribution in [1.82, 2.24) is 9.13 Å². The number of benzene rings is 5. The molecule has 0 aliphatic carbocycles. The summed E-state index contributed by atoms with van der Waals surface area (Å²) in [6, 6.07) is 41.9. The second-order valence-electron chi connectivity index (χ2n) is 12.5. The Balaban J connectivity index is 1.38. The summed E-state index contributed by atoms with van der Waals surface area (Å²) in [5.74, 6) is -0.237. The van der Waals surface area contributed by atoms with E-state index in [4.69, 9.17) is 23.7 Å². The quantitative estimate of drug-likeness (QED) is 0.120. The first-order chi connectivity index (χ1) is 26.3. The number of rotatable bonds is 11. The van der Waals surface area contributed by atoms with Gasteiger partial charge in [-0.1, -0.05) is 91.0 Å². The average Bonchev–Trinajstić information content (AvgIpc) is 3.61. The molecule has 1 aliphatic heterocycles. The lowest BCUT2D eigenvalue weighted by Gasteiger charge is -2.39. The van der Waals surface area contributed by atoms with Gasteiger partial charge in [-0.2, -0.15) is 4.57 Å². The number of carbonyl (C=O) groups is 2. The number of hydrogen-bond donors (Lipinski definition) is 0. The Morgan fingerprint density at radius 2 is 1.15 bits per heavy atom. The van der Waals surface area contributed by atoms with Crippen LogP contribution in [0, 0.1) is 0 Å². The van der Waals surface area contributed by atoms with Crippen LogP contribution in [0.5, 0.6) is 11.5 Å². The van der Waals surface area contributed by atoms with E-state index in [0.29, 0.717) is 16.1 Å². The maximum atomic E-state index is 14.1. The summed E-state index contributed by atoms with van der Waals surface area (Å²) in [4.78, 5) is 54.4. The second kappa shape index (κ2) is 15.6. The molecular formula is C43H36N2O9. The maximum Gasteiger partial charge on any atom is 0.340 e. The highest BCUT2D eigenvalue weighted by atomic mass is 16.6. The standard InChI is InChI=1S/C43H36N2O9/c1-50-34-22-18-32(19-23-34)43(31-16-10-5-11-17-31,33-20-24-35(51-2)25-21-33)54-36-28-52-40(38(36)53-41(48)30-14-8-4-9-15-30)44-27-26-37(46)45(42(44)49)39(47)29-12-6-3-7-13-29/h3-27,36,38,40H,28H2,1-2H3/t36-,38+,40?/m0/s1. The molecule has 54 heavy (non-hydrogen) atoms. The summed E-state index contributed by atoms with van der Waals surface area (Å²) in [5, 5.41) is 0. The van der Waals surface area contributed by atoms with Crippen LogP contribution in [0.1, 0.15) is 43.6 Å². The van der Waals surface area contributed by atoms with Crippen LogP contribution >= 0.6 is 0 Å².